The van der Waals surface area contributed by atoms with Crippen LogP contribution in [0.15, 0.2) is 48.7 Å². The fourth-order valence-electron chi connectivity index (χ4n) is 3.74. The van der Waals surface area contributed by atoms with Gasteiger partial charge in [0.15, 0.2) is 0 Å². The second-order valence-corrected chi connectivity index (χ2v) is 7.35. The highest BCUT2D eigenvalue weighted by Crippen LogP contribution is 2.23. The molecule has 1 saturated heterocycles. The highest BCUT2D eigenvalue weighted by atomic mass is 19.1. The molecule has 0 unspecified atom stereocenters. The molecule has 0 radical (unpaired) electrons. The van der Waals surface area contributed by atoms with Gasteiger partial charge in [0, 0.05) is 42.3 Å². The lowest BCUT2D eigenvalue weighted by atomic mass is 10.1. The summed E-state index contributed by atoms with van der Waals surface area (Å²) in [6.07, 6.45) is 2.69. The molecule has 6 heteroatoms. The normalized spacial score (nSPS) is 16.7. The van der Waals surface area contributed by atoms with Gasteiger partial charge in [-0.2, -0.15) is 0 Å². The number of amides is 2. The number of halogens is 1. The molecular weight excluding hydrogens is 357 g/mol. The number of nitrogens with zero attached hydrogens (tertiary/aromatic N) is 1. The van der Waals surface area contributed by atoms with E-state index in [0.29, 0.717) is 19.5 Å². The van der Waals surface area contributed by atoms with Crippen molar-refractivity contribution in [3.63, 3.8) is 0 Å². The van der Waals surface area contributed by atoms with Crippen LogP contribution in [0.5, 0.6) is 0 Å². The number of benzene rings is 2. The van der Waals surface area contributed by atoms with Crippen molar-refractivity contribution in [2.75, 3.05) is 18.4 Å². The molecule has 2 aromatic carbocycles. The Kier molecular flexibility index (Phi) is 4.86. The predicted molar refractivity (Wildman–Crippen MR) is 106 cm³/mol. The largest absolute Gasteiger partial charge is 0.361 e. The number of hydrogen-bond donors (Lipinski definition) is 2. The first-order valence-corrected chi connectivity index (χ1v) is 9.40. The smallest absolute Gasteiger partial charge is 0.229 e. The van der Waals surface area contributed by atoms with Crippen LogP contribution < -0.4 is 5.32 Å². The van der Waals surface area contributed by atoms with E-state index in [1.807, 2.05) is 37.4 Å². The second-order valence-electron chi connectivity index (χ2n) is 7.35. The minimum Gasteiger partial charge on any atom is -0.361 e. The Morgan fingerprint density at radius 3 is 2.96 bits per heavy atom. The average Bonchev–Trinajstić information content (AvgIpc) is 3.23. The van der Waals surface area contributed by atoms with E-state index in [-0.39, 0.29) is 30.0 Å². The van der Waals surface area contributed by atoms with Gasteiger partial charge in [0.05, 0.1) is 5.92 Å². The molecular formula is C22H22FN3O2. The van der Waals surface area contributed by atoms with Gasteiger partial charge >= 0.3 is 0 Å². The van der Waals surface area contributed by atoms with Gasteiger partial charge in [-0.1, -0.05) is 12.1 Å². The number of carbonyl (C=O) groups excluding carboxylic acids is 2. The van der Waals surface area contributed by atoms with Gasteiger partial charge in [-0.25, -0.2) is 4.39 Å². The Labute approximate surface area is 162 Å². The number of aromatic amines is 1. The first-order valence-electron chi connectivity index (χ1n) is 9.40. The molecule has 1 atom stereocenters. The first kappa shape index (κ1) is 18.2. The summed E-state index contributed by atoms with van der Waals surface area (Å²) in [4.78, 5) is 29.7. The van der Waals surface area contributed by atoms with Crippen LogP contribution in [-0.2, 0) is 16.0 Å². The van der Waals surface area contributed by atoms with Gasteiger partial charge in [-0.3, -0.25) is 9.59 Å². The van der Waals surface area contributed by atoms with E-state index in [1.165, 1.54) is 12.1 Å². The zero-order chi connectivity index (χ0) is 19.7. The van der Waals surface area contributed by atoms with Crippen LogP contribution in [0.4, 0.5) is 10.1 Å². The van der Waals surface area contributed by atoms with Crippen LogP contribution >= 0.6 is 0 Å². The van der Waals surface area contributed by atoms with E-state index in [4.69, 9.17) is 0 Å². The Morgan fingerprint density at radius 1 is 1.29 bits per heavy atom. The predicted octanol–water partition coefficient (Wildman–Crippen LogP) is 3.65. The van der Waals surface area contributed by atoms with Crippen LogP contribution in [0.25, 0.3) is 10.9 Å². The van der Waals surface area contributed by atoms with Gasteiger partial charge < -0.3 is 15.2 Å². The number of anilines is 1. The zero-order valence-electron chi connectivity index (χ0n) is 15.7. The molecule has 1 aromatic heterocycles. The molecule has 1 aliphatic heterocycles. The molecule has 2 heterocycles. The Hall–Kier alpha value is -3.15. The second kappa shape index (κ2) is 7.46. The minimum absolute atomic E-state index is 0.0181. The van der Waals surface area contributed by atoms with Crippen molar-refractivity contribution in [3.8, 4) is 0 Å². The molecule has 0 aliphatic carbocycles. The van der Waals surface area contributed by atoms with Gasteiger partial charge in [0.2, 0.25) is 11.8 Å². The van der Waals surface area contributed by atoms with Crippen LogP contribution in [-0.4, -0.2) is 34.8 Å². The monoisotopic (exact) mass is 379 g/mol. The molecule has 2 N–H and O–H groups in total. The van der Waals surface area contributed by atoms with Crippen molar-refractivity contribution in [1.29, 1.82) is 0 Å². The number of H-pyrrole nitrogens is 1. The Balaban J connectivity index is 1.38. The molecule has 1 fully saturated rings. The molecule has 144 valence electrons. The third-order valence-corrected chi connectivity index (χ3v) is 5.25. The van der Waals surface area contributed by atoms with Crippen molar-refractivity contribution in [2.24, 2.45) is 5.92 Å². The van der Waals surface area contributed by atoms with Gasteiger partial charge in [0.1, 0.15) is 5.82 Å². The number of carbonyl (C=O) groups is 2. The van der Waals surface area contributed by atoms with Gasteiger partial charge in [-0.05, 0) is 54.8 Å². The fourth-order valence-corrected chi connectivity index (χ4v) is 3.74. The van der Waals surface area contributed by atoms with Crippen molar-refractivity contribution in [2.45, 2.75) is 19.8 Å². The molecule has 2 amide bonds. The van der Waals surface area contributed by atoms with E-state index in [9.17, 15) is 14.0 Å². The maximum absolute atomic E-state index is 13.5. The summed E-state index contributed by atoms with van der Waals surface area (Å²) in [5.41, 5.74) is 3.66. The quantitative estimate of drug-likeness (QED) is 0.711. The zero-order valence-corrected chi connectivity index (χ0v) is 15.7. The van der Waals surface area contributed by atoms with Crippen molar-refractivity contribution in [1.82, 2.24) is 9.88 Å². The number of nitrogens with one attached hydrogen (secondary N) is 2. The summed E-state index contributed by atoms with van der Waals surface area (Å²) in [6, 6.07) is 12.2. The number of aryl methyl sites for hydroxylation is 1. The Morgan fingerprint density at radius 2 is 2.14 bits per heavy atom. The molecule has 5 nitrogen and oxygen atoms in total. The van der Waals surface area contributed by atoms with E-state index in [0.717, 1.165) is 27.7 Å². The first-order chi connectivity index (χ1) is 13.5. The molecule has 28 heavy (non-hydrogen) atoms. The average molecular weight is 379 g/mol. The van der Waals surface area contributed by atoms with Crippen molar-refractivity contribution in [3.05, 3.63) is 65.6 Å². The molecule has 3 aromatic rings. The standard InChI is InChI=1S/C22H22FN3O2/c1-14-3-2-4-18(9-14)25-22(28)16-10-21(27)26(13-16)8-7-15-12-24-20-6-5-17(23)11-19(15)20/h2-6,9,11-12,16,24H,7-8,10,13H2,1H3,(H,25,28)/t16-/m1/s1. The van der Waals surface area contributed by atoms with Crippen LogP contribution in [0.2, 0.25) is 0 Å². The summed E-state index contributed by atoms with van der Waals surface area (Å²) in [7, 11) is 0. The number of fused-ring (bicyclic) bond motifs is 1. The molecule has 1 aliphatic rings. The molecule has 4 rings (SSSR count). The van der Waals surface area contributed by atoms with E-state index >= 15 is 0 Å². The maximum Gasteiger partial charge on any atom is 0.229 e. The topological polar surface area (TPSA) is 65.2 Å². The summed E-state index contributed by atoms with van der Waals surface area (Å²) in [6.45, 7) is 2.89. The lowest BCUT2D eigenvalue weighted by Gasteiger charge is -2.16. The summed E-state index contributed by atoms with van der Waals surface area (Å²) < 4.78 is 13.5. The summed E-state index contributed by atoms with van der Waals surface area (Å²) >= 11 is 0. The number of likely N-dealkylation sites (tertiary alicyclic amines) is 1. The number of hydrogen-bond acceptors (Lipinski definition) is 2. The fraction of sp³-hybridized carbons (Fsp3) is 0.273. The number of rotatable bonds is 5. The lowest BCUT2D eigenvalue weighted by Crippen LogP contribution is -2.30. The molecule has 0 saturated carbocycles. The van der Waals surface area contributed by atoms with E-state index in [2.05, 4.69) is 10.3 Å². The molecule has 0 bridgehead atoms. The summed E-state index contributed by atoms with van der Waals surface area (Å²) in [5.74, 6) is -0.780. The van der Waals surface area contributed by atoms with E-state index < -0.39 is 0 Å². The highest BCUT2D eigenvalue weighted by Gasteiger charge is 2.34. The van der Waals surface area contributed by atoms with Crippen LogP contribution in [0.3, 0.4) is 0 Å². The summed E-state index contributed by atoms with van der Waals surface area (Å²) in [5, 5.41) is 3.74. The lowest BCUT2D eigenvalue weighted by molar-refractivity contribution is -0.128. The maximum atomic E-state index is 13.5. The van der Waals surface area contributed by atoms with Crippen LogP contribution in [0, 0.1) is 18.7 Å². The number of aromatic nitrogens is 1. The van der Waals surface area contributed by atoms with Crippen LogP contribution in [0.1, 0.15) is 17.5 Å². The van der Waals surface area contributed by atoms with Gasteiger partial charge in [0.25, 0.3) is 0 Å². The van der Waals surface area contributed by atoms with Crippen molar-refractivity contribution >= 4 is 28.4 Å². The van der Waals surface area contributed by atoms with Crippen molar-refractivity contribution < 1.29 is 14.0 Å². The SMILES string of the molecule is Cc1cccc(NC(=O)[C@@H]2CC(=O)N(CCc3c[nH]c4ccc(F)cc34)C2)c1. The third kappa shape index (κ3) is 3.76. The third-order valence-electron chi connectivity index (χ3n) is 5.25. The Bertz CT molecular complexity index is 1040. The molecule has 0 spiro atoms. The highest BCUT2D eigenvalue weighted by molar-refractivity contribution is 5.97. The minimum atomic E-state index is -0.353. The van der Waals surface area contributed by atoms with E-state index in [1.54, 1.807) is 11.0 Å². The van der Waals surface area contributed by atoms with Gasteiger partial charge in [-0.15, -0.1) is 0 Å².